The Morgan fingerprint density at radius 2 is 2.22 bits per heavy atom. The molecule has 1 aliphatic heterocycles. The van der Waals surface area contributed by atoms with Gasteiger partial charge in [0.25, 0.3) is 11.8 Å². The number of aryl methyl sites for hydroxylation is 2. The van der Waals surface area contributed by atoms with Crippen molar-refractivity contribution in [3.05, 3.63) is 29.6 Å². The molecule has 2 fully saturated rings. The summed E-state index contributed by atoms with van der Waals surface area (Å²) in [7, 11) is 0. The Kier molecular flexibility index (Phi) is 6.86. The molecule has 0 spiro atoms. The first-order valence-corrected chi connectivity index (χ1v) is 11.3. The highest BCUT2D eigenvalue weighted by molar-refractivity contribution is 6.23. The lowest BCUT2D eigenvalue weighted by atomic mass is 10.1. The van der Waals surface area contributed by atoms with Crippen LogP contribution in [0.3, 0.4) is 0 Å². The van der Waals surface area contributed by atoms with Gasteiger partial charge in [0.05, 0.1) is 12.6 Å². The number of carbonyl (C=O) groups excluding carboxylic acids is 3. The van der Waals surface area contributed by atoms with Crippen molar-refractivity contribution in [3.8, 4) is 0 Å². The highest BCUT2D eigenvalue weighted by atomic mass is 16.5. The van der Waals surface area contributed by atoms with Gasteiger partial charge in [-0.05, 0) is 45.2 Å². The molecular formula is C23H31N5O4. The van der Waals surface area contributed by atoms with Crippen molar-refractivity contribution >= 4 is 29.1 Å². The third kappa shape index (κ3) is 4.83. The van der Waals surface area contributed by atoms with Crippen LogP contribution in [-0.2, 0) is 25.7 Å². The molecular weight excluding hydrogens is 410 g/mol. The molecule has 9 nitrogen and oxygen atoms in total. The van der Waals surface area contributed by atoms with Gasteiger partial charge in [-0.1, -0.05) is 0 Å². The summed E-state index contributed by atoms with van der Waals surface area (Å²) in [5.41, 5.74) is 2.85. The van der Waals surface area contributed by atoms with Crippen molar-refractivity contribution in [2.75, 3.05) is 26.2 Å². The Balaban J connectivity index is 1.58. The Bertz CT molecular complexity index is 994. The molecule has 0 bridgehead atoms. The summed E-state index contributed by atoms with van der Waals surface area (Å²) in [5, 5.41) is 6.85. The van der Waals surface area contributed by atoms with E-state index in [-0.39, 0.29) is 24.3 Å². The number of fused-ring (bicyclic) bond motifs is 1. The van der Waals surface area contributed by atoms with Crippen LogP contribution in [0.2, 0.25) is 0 Å². The van der Waals surface area contributed by atoms with E-state index < -0.39 is 12.0 Å². The van der Waals surface area contributed by atoms with Crippen LogP contribution in [0.25, 0.3) is 11.0 Å². The number of rotatable bonds is 9. The van der Waals surface area contributed by atoms with E-state index in [1.165, 1.54) is 0 Å². The van der Waals surface area contributed by atoms with Gasteiger partial charge in [-0.25, -0.2) is 4.98 Å². The topological polar surface area (TPSA) is 106 Å². The van der Waals surface area contributed by atoms with Gasteiger partial charge < -0.3 is 24.8 Å². The lowest BCUT2D eigenvalue weighted by Crippen LogP contribution is -2.50. The fourth-order valence-corrected chi connectivity index (χ4v) is 4.37. The fraction of sp³-hybridized carbons (Fsp3) is 0.565. The maximum absolute atomic E-state index is 13.4. The summed E-state index contributed by atoms with van der Waals surface area (Å²) in [5.74, 6) is -0.562. The molecule has 2 aromatic heterocycles. The minimum atomic E-state index is -0.608. The van der Waals surface area contributed by atoms with Crippen LogP contribution in [0.15, 0.2) is 18.3 Å². The van der Waals surface area contributed by atoms with Crippen LogP contribution < -0.4 is 10.6 Å². The van der Waals surface area contributed by atoms with Crippen LogP contribution in [0.5, 0.6) is 0 Å². The number of ether oxygens (including phenoxy) is 1. The second-order valence-electron chi connectivity index (χ2n) is 8.58. The van der Waals surface area contributed by atoms with Crippen molar-refractivity contribution in [2.45, 2.75) is 57.8 Å². The lowest BCUT2D eigenvalue weighted by Gasteiger charge is -2.34. The van der Waals surface area contributed by atoms with E-state index in [2.05, 4.69) is 34.4 Å². The number of nitrogens with zero attached hydrogens (tertiary/aromatic N) is 3. The van der Waals surface area contributed by atoms with Crippen LogP contribution >= 0.6 is 0 Å². The average molecular weight is 442 g/mol. The van der Waals surface area contributed by atoms with E-state index in [1.807, 2.05) is 17.9 Å². The van der Waals surface area contributed by atoms with Gasteiger partial charge in [0.2, 0.25) is 6.29 Å². The van der Waals surface area contributed by atoms with Crippen molar-refractivity contribution < 1.29 is 19.1 Å². The van der Waals surface area contributed by atoms with Crippen molar-refractivity contribution in [1.82, 2.24) is 25.1 Å². The predicted molar refractivity (Wildman–Crippen MR) is 119 cm³/mol. The Labute approximate surface area is 187 Å². The largest absolute Gasteiger partial charge is 0.366 e. The van der Waals surface area contributed by atoms with Crippen molar-refractivity contribution in [2.24, 2.45) is 0 Å². The van der Waals surface area contributed by atoms with Gasteiger partial charge >= 0.3 is 0 Å². The first-order chi connectivity index (χ1) is 15.5. The van der Waals surface area contributed by atoms with Gasteiger partial charge in [-0.15, -0.1) is 0 Å². The maximum Gasteiger partial charge on any atom is 0.284 e. The normalized spacial score (nSPS) is 19.5. The molecule has 9 heteroatoms. The van der Waals surface area contributed by atoms with E-state index >= 15 is 0 Å². The molecule has 4 rings (SSSR count). The number of morpholine rings is 1. The Morgan fingerprint density at radius 1 is 1.41 bits per heavy atom. The maximum atomic E-state index is 13.4. The first-order valence-electron chi connectivity index (χ1n) is 11.3. The van der Waals surface area contributed by atoms with E-state index in [1.54, 1.807) is 0 Å². The predicted octanol–water partition coefficient (Wildman–Crippen LogP) is 1.09. The van der Waals surface area contributed by atoms with Gasteiger partial charge in [0, 0.05) is 55.1 Å². The minimum Gasteiger partial charge on any atom is -0.366 e. The zero-order chi connectivity index (χ0) is 22.7. The average Bonchev–Trinajstić information content (AvgIpc) is 3.58. The highest BCUT2D eigenvalue weighted by Gasteiger charge is 2.40. The zero-order valence-electron chi connectivity index (χ0n) is 18.7. The van der Waals surface area contributed by atoms with Crippen LogP contribution in [0.1, 0.15) is 43.5 Å². The number of aromatic nitrogens is 2. The minimum absolute atomic E-state index is 0.0461. The van der Waals surface area contributed by atoms with Gasteiger partial charge in [-0.2, -0.15) is 0 Å². The highest BCUT2D eigenvalue weighted by Crippen LogP contribution is 2.38. The van der Waals surface area contributed by atoms with Crippen molar-refractivity contribution in [3.63, 3.8) is 0 Å². The van der Waals surface area contributed by atoms with Gasteiger partial charge in [0.15, 0.2) is 0 Å². The zero-order valence-corrected chi connectivity index (χ0v) is 18.7. The smallest absolute Gasteiger partial charge is 0.284 e. The molecule has 2 aromatic rings. The summed E-state index contributed by atoms with van der Waals surface area (Å²) in [6, 6.07) is 4.20. The Hall–Kier alpha value is -2.78. The summed E-state index contributed by atoms with van der Waals surface area (Å²) >= 11 is 0. The molecule has 2 aliphatic rings. The quantitative estimate of drug-likeness (QED) is 0.343. The molecule has 2 amide bonds. The molecule has 32 heavy (non-hydrogen) atoms. The number of hydrogen-bond donors (Lipinski definition) is 2. The monoisotopic (exact) mass is 441 g/mol. The third-order valence-electron chi connectivity index (χ3n) is 6.14. The van der Waals surface area contributed by atoms with E-state index in [0.29, 0.717) is 32.7 Å². The number of pyridine rings is 1. The summed E-state index contributed by atoms with van der Waals surface area (Å²) in [6.07, 6.45) is 4.61. The number of aldehydes is 1. The second-order valence-corrected chi connectivity index (χ2v) is 8.58. The first kappa shape index (κ1) is 22.4. The number of amides is 2. The SMILES string of the molecule is Cc1ccc2c([C@@H](C)N(C(=O)[C@H]3CNCCO3)C3CC3)cn(CCCNC(=O)C=O)c2n1. The molecule has 1 saturated heterocycles. The van der Waals surface area contributed by atoms with Gasteiger partial charge in [-0.3, -0.25) is 14.4 Å². The Morgan fingerprint density at radius 3 is 2.91 bits per heavy atom. The van der Waals surface area contributed by atoms with Crippen LogP contribution in [0.4, 0.5) is 0 Å². The summed E-state index contributed by atoms with van der Waals surface area (Å²) in [6.45, 7) is 6.96. The molecule has 2 N–H and O–H groups in total. The molecule has 0 unspecified atom stereocenters. The molecule has 1 aliphatic carbocycles. The van der Waals surface area contributed by atoms with Gasteiger partial charge in [0.1, 0.15) is 11.8 Å². The van der Waals surface area contributed by atoms with Crippen molar-refractivity contribution in [1.29, 1.82) is 0 Å². The van der Waals surface area contributed by atoms with Crippen LogP contribution in [-0.4, -0.2) is 70.9 Å². The standard InChI is InChI=1S/C23H31N5O4/c1-15-4-7-18-19(13-27(22(18)26-15)10-3-8-25-21(30)14-29)16(2)28(17-5-6-17)23(31)20-12-24-9-11-32-20/h4,7,13-14,16-17,20,24H,3,5-6,8-12H2,1-2H3,(H,25,30)/t16-,20-/m1/s1. The molecule has 1 saturated carbocycles. The summed E-state index contributed by atoms with van der Waals surface area (Å²) in [4.78, 5) is 41.8. The lowest BCUT2D eigenvalue weighted by molar-refractivity contribution is -0.148. The third-order valence-corrected chi connectivity index (χ3v) is 6.14. The molecule has 2 atom stereocenters. The van der Waals surface area contributed by atoms with E-state index in [4.69, 9.17) is 9.72 Å². The number of carbonyl (C=O) groups is 3. The fourth-order valence-electron chi connectivity index (χ4n) is 4.37. The summed E-state index contributed by atoms with van der Waals surface area (Å²) < 4.78 is 7.84. The molecule has 3 heterocycles. The molecule has 172 valence electrons. The number of hydrogen-bond acceptors (Lipinski definition) is 6. The molecule has 0 radical (unpaired) electrons. The molecule has 0 aromatic carbocycles. The second kappa shape index (κ2) is 9.79. The van der Waals surface area contributed by atoms with Crippen LogP contribution in [0, 0.1) is 6.92 Å². The van der Waals surface area contributed by atoms with E-state index in [9.17, 15) is 14.4 Å². The van der Waals surface area contributed by atoms with E-state index in [0.717, 1.165) is 41.7 Å². The number of nitrogens with one attached hydrogen (secondary N) is 2.